The van der Waals surface area contributed by atoms with Gasteiger partial charge in [-0.3, -0.25) is 18.7 Å². The minimum Gasteiger partial charge on any atom is -0.457 e. The fourth-order valence-electron chi connectivity index (χ4n) is 3.71. The number of aryl methyl sites for hydroxylation is 3. The number of aromatic nitrogens is 3. The van der Waals surface area contributed by atoms with Gasteiger partial charge in [0.05, 0.1) is 17.5 Å². The average Bonchev–Trinajstić information content (AvgIpc) is 3.18. The first-order valence-corrected chi connectivity index (χ1v) is 9.37. The molecule has 0 bridgehead atoms. The van der Waals surface area contributed by atoms with E-state index in [0.717, 1.165) is 27.6 Å². The summed E-state index contributed by atoms with van der Waals surface area (Å²) in [5.41, 5.74) is 3.53. The van der Waals surface area contributed by atoms with Gasteiger partial charge in [-0.1, -0.05) is 30.3 Å². The molecule has 0 spiro atoms. The lowest BCUT2D eigenvalue weighted by atomic mass is 10.1. The van der Waals surface area contributed by atoms with Crippen molar-refractivity contribution in [1.82, 2.24) is 14.1 Å². The summed E-state index contributed by atoms with van der Waals surface area (Å²) in [6.45, 7) is 1.69. The second-order valence-corrected chi connectivity index (χ2v) is 6.99. The van der Waals surface area contributed by atoms with Crippen molar-refractivity contribution in [2.75, 3.05) is 6.61 Å². The van der Waals surface area contributed by atoms with Crippen LogP contribution in [0, 0.1) is 6.92 Å². The van der Waals surface area contributed by atoms with E-state index in [2.05, 4.69) is 4.98 Å². The third kappa shape index (κ3) is 3.35. The molecule has 0 aliphatic rings. The molecule has 2 aromatic carbocycles. The van der Waals surface area contributed by atoms with Gasteiger partial charge >= 0.3 is 11.7 Å². The molecule has 29 heavy (non-hydrogen) atoms. The molecule has 0 aliphatic heterocycles. The Morgan fingerprint density at radius 3 is 2.52 bits per heavy atom. The highest BCUT2D eigenvalue weighted by Gasteiger charge is 2.18. The molecule has 0 aliphatic carbocycles. The summed E-state index contributed by atoms with van der Waals surface area (Å²) in [5.74, 6) is -0.772. The number of rotatable bonds is 6. The largest absolute Gasteiger partial charge is 0.457 e. The Morgan fingerprint density at radius 1 is 1.03 bits per heavy atom. The number of nitrogens with one attached hydrogen (secondary N) is 1. The average molecular weight is 391 g/mol. The summed E-state index contributed by atoms with van der Waals surface area (Å²) in [6.07, 6.45) is 0.00800. The van der Waals surface area contributed by atoms with Crippen LogP contribution in [0.4, 0.5) is 0 Å². The molecule has 148 valence electrons. The SMILES string of the molecule is Cc1[nH]c2ccccc2c1C(=O)COC(=O)CCn1c(=O)n(C)c2ccccc21. The maximum atomic E-state index is 12.6. The summed E-state index contributed by atoms with van der Waals surface area (Å²) >= 11 is 0. The van der Waals surface area contributed by atoms with Crippen LogP contribution in [0.25, 0.3) is 21.9 Å². The molecule has 1 N–H and O–H groups in total. The van der Waals surface area contributed by atoms with Crippen LogP contribution in [0.2, 0.25) is 0 Å². The summed E-state index contributed by atoms with van der Waals surface area (Å²) in [4.78, 5) is 40.4. The van der Waals surface area contributed by atoms with Crippen molar-refractivity contribution < 1.29 is 14.3 Å². The summed E-state index contributed by atoms with van der Waals surface area (Å²) in [7, 11) is 1.70. The van der Waals surface area contributed by atoms with Crippen LogP contribution in [0.1, 0.15) is 22.5 Å². The highest BCUT2D eigenvalue weighted by Crippen LogP contribution is 2.22. The first kappa shape index (κ1) is 18.7. The van der Waals surface area contributed by atoms with E-state index in [1.54, 1.807) is 16.2 Å². The Balaban J connectivity index is 1.42. The number of ether oxygens (including phenoxy) is 1. The van der Waals surface area contributed by atoms with Crippen molar-refractivity contribution in [3.63, 3.8) is 0 Å². The Kier molecular flexibility index (Phi) is 4.80. The number of carbonyl (C=O) groups is 2. The fraction of sp³-hybridized carbons (Fsp3) is 0.227. The highest BCUT2D eigenvalue weighted by atomic mass is 16.5. The number of benzene rings is 2. The van der Waals surface area contributed by atoms with Gasteiger partial charge in [0.25, 0.3) is 0 Å². The first-order chi connectivity index (χ1) is 14.0. The molecule has 0 saturated heterocycles. The number of Topliss-reactive ketones (excluding diaryl/α,β-unsaturated/α-hetero) is 1. The molecule has 7 nitrogen and oxygen atoms in total. The van der Waals surface area contributed by atoms with Crippen LogP contribution >= 0.6 is 0 Å². The normalized spacial score (nSPS) is 11.2. The van der Waals surface area contributed by atoms with Gasteiger partial charge in [-0.25, -0.2) is 4.79 Å². The zero-order valence-corrected chi connectivity index (χ0v) is 16.3. The quantitative estimate of drug-likeness (QED) is 0.404. The van der Waals surface area contributed by atoms with Gasteiger partial charge in [0.2, 0.25) is 5.78 Å². The lowest BCUT2D eigenvalue weighted by Crippen LogP contribution is -2.24. The molecule has 0 radical (unpaired) electrons. The van der Waals surface area contributed by atoms with Crippen molar-refractivity contribution in [2.45, 2.75) is 19.9 Å². The van der Waals surface area contributed by atoms with Gasteiger partial charge in [0.15, 0.2) is 6.61 Å². The van der Waals surface area contributed by atoms with Gasteiger partial charge < -0.3 is 9.72 Å². The third-order valence-corrected chi connectivity index (χ3v) is 5.13. The highest BCUT2D eigenvalue weighted by molar-refractivity contribution is 6.10. The fourth-order valence-corrected chi connectivity index (χ4v) is 3.71. The lowest BCUT2D eigenvalue weighted by Gasteiger charge is -2.06. The number of aromatic amines is 1. The second kappa shape index (κ2) is 7.43. The van der Waals surface area contributed by atoms with Crippen LogP contribution in [-0.2, 0) is 23.1 Å². The smallest absolute Gasteiger partial charge is 0.328 e. The minimum atomic E-state index is -0.518. The molecule has 2 aromatic heterocycles. The standard InChI is InChI=1S/C22H21N3O4/c1-14-21(15-7-3-4-8-16(15)23-14)19(26)13-29-20(27)11-12-25-18-10-6-5-9-17(18)24(2)22(25)28/h3-10,23H,11-13H2,1-2H3. The van der Waals surface area contributed by atoms with Crippen molar-refractivity contribution in [2.24, 2.45) is 7.05 Å². The van der Waals surface area contributed by atoms with Crippen LogP contribution in [0.15, 0.2) is 53.3 Å². The summed E-state index contributed by atoms with van der Waals surface area (Å²) in [6, 6.07) is 14.9. The number of H-pyrrole nitrogens is 1. The van der Waals surface area contributed by atoms with E-state index >= 15 is 0 Å². The Morgan fingerprint density at radius 2 is 1.72 bits per heavy atom. The Labute approximate surface area is 166 Å². The molecular weight excluding hydrogens is 370 g/mol. The van der Waals surface area contributed by atoms with E-state index < -0.39 is 5.97 Å². The summed E-state index contributed by atoms with van der Waals surface area (Å²) < 4.78 is 8.28. The molecule has 0 saturated carbocycles. The van der Waals surface area contributed by atoms with E-state index in [-0.39, 0.29) is 31.0 Å². The minimum absolute atomic E-state index is 0.00800. The number of esters is 1. The first-order valence-electron chi connectivity index (χ1n) is 9.37. The molecule has 0 amide bonds. The van der Waals surface area contributed by atoms with Gasteiger partial charge in [0, 0.05) is 35.8 Å². The van der Waals surface area contributed by atoms with Crippen molar-refractivity contribution in [3.05, 3.63) is 70.3 Å². The third-order valence-electron chi connectivity index (χ3n) is 5.13. The van der Waals surface area contributed by atoms with Gasteiger partial charge in [0.1, 0.15) is 0 Å². The maximum Gasteiger partial charge on any atom is 0.328 e. The predicted molar refractivity (Wildman–Crippen MR) is 110 cm³/mol. The van der Waals surface area contributed by atoms with Crippen LogP contribution in [0.3, 0.4) is 0 Å². The van der Waals surface area contributed by atoms with Gasteiger partial charge in [-0.2, -0.15) is 0 Å². The van der Waals surface area contributed by atoms with E-state index in [0.29, 0.717) is 5.56 Å². The van der Waals surface area contributed by atoms with Crippen LogP contribution in [0.5, 0.6) is 0 Å². The molecule has 0 fully saturated rings. The maximum absolute atomic E-state index is 12.6. The Hall–Kier alpha value is -3.61. The van der Waals surface area contributed by atoms with Crippen LogP contribution in [-0.4, -0.2) is 32.5 Å². The van der Waals surface area contributed by atoms with E-state index in [1.165, 1.54) is 0 Å². The van der Waals surface area contributed by atoms with Crippen molar-refractivity contribution in [1.29, 1.82) is 0 Å². The Bertz CT molecular complexity index is 1290. The lowest BCUT2D eigenvalue weighted by molar-refractivity contribution is -0.142. The number of fused-ring (bicyclic) bond motifs is 2. The molecule has 0 atom stereocenters. The number of hydrogen-bond acceptors (Lipinski definition) is 4. The van der Waals surface area contributed by atoms with Crippen molar-refractivity contribution in [3.8, 4) is 0 Å². The van der Waals surface area contributed by atoms with E-state index in [1.807, 2.05) is 55.5 Å². The molecule has 4 aromatic rings. The summed E-state index contributed by atoms with van der Waals surface area (Å²) in [5, 5.41) is 0.813. The molecule has 2 heterocycles. The molecular formula is C22H21N3O4. The topological polar surface area (TPSA) is 86.1 Å². The number of hydrogen-bond donors (Lipinski definition) is 1. The second-order valence-electron chi connectivity index (χ2n) is 6.99. The molecule has 4 rings (SSSR count). The van der Waals surface area contributed by atoms with E-state index in [9.17, 15) is 14.4 Å². The number of carbonyl (C=O) groups excluding carboxylic acids is 2. The number of ketones is 1. The predicted octanol–water partition coefficient (Wildman–Crippen LogP) is 2.95. The zero-order chi connectivity index (χ0) is 20.5. The van der Waals surface area contributed by atoms with Gasteiger partial charge in [-0.15, -0.1) is 0 Å². The number of para-hydroxylation sites is 3. The molecule has 7 heteroatoms. The van der Waals surface area contributed by atoms with Crippen molar-refractivity contribution >= 4 is 33.7 Å². The monoisotopic (exact) mass is 391 g/mol. The molecule has 0 unspecified atom stereocenters. The van der Waals surface area contributed by atoms with Crippen LogP contribution < -0.4 is 5.69 Å². The zero-order valence-electron chi connectivity index (χ0n) is 16.3. The number of nitrogens with zero attached hydrogens (tertiary/aromatic N) is 2. The van der Waals surface area contributed by atoms with E-state index in [4.69, 9.17) is 4.74 Å². The van der Waals surface area contributed by atoms with Gasteiger partial charge in [-0.05, 0) is 25.1 Å². The number of imidazole rings is 1.